The van der Waals surface area contributed by atoms with E-state index >= 15 is 0 Å². The lowest BCUT2D eigenvalue weighted by atomic mass is 10.0. The molecule has 3 aromatic rings. The monoisotopic (exact) mass is 482 g/mol. The van der Waals surface area contributed by atoms with Gasteiger partial charge in [0.25, 0.3) is 5.91 Å². The van der Waals surface area contributed by atoms with Crippen LogP contribution < -0.4 is 15.7 Å². The molecule has 188 valence electrons. The lowest BCUT2D eigenvalue weighted by molar-refractivity contribution is 0.102. The van der Waals surface area contributed by atoms with E-state index in [2.05, 4.69) is 10.2 Å². The fourth-order valence-electron chi connectivity index (χ4n) is 3.92. The predicted molar refractivity (Wildman–Crippen MR) is 136 cm³/mol. The Morgan fingerprint density at radius 2 is 1.69 bits per heavy atom. The third-order valence-electron chi connectivity index (χ3n) is 5.77. The number of methoxy groups -OCH3 is 3. The number of hydrogen-bond acceptors (Lipinski definition) is 7. The molecule has 35 heavy (non-hydrogen) atoms. The molecule has 0 aliphatic heterocycles. The first-order valence-corrected chi connectivity index (χ1v) is 11.7. The summed E-state index contributed by atoms with van der Waals surface area (Å²) in [6, 6.07) is 12.8. The highest BCUT2D eigenvalue weighted by molar-refractivity contribution is 6.05. The average Bonchev–Trinajstić information content (AvgIpc) is 2.86. The summed E-state index contributed by atoms with van der Waals surface area (Å²) in [4.78, 5) is 27.8. The Bertz CT molecular complexity index is 1160. The summed E-state index contributed by atoms with van der Waals surface area (Å²) in [5, 5.41) is 3.48. The lowest BCUT2D eigenvalue weighted by Gasteiger charge is -2.21. The van der Waals surface area contributed by atoms with Gasteiger partial charge in [-0.25, -0.2) is 4.79 Å². The molecular formula is C27H34N2O6. The number of hydrogen-bond donors (Lipinski definition) is 1. The van der Waals surface area contributed by atoms with E-state index in [9.17, 15) is 9.59 Å². The summed E-state index contributed by atoms with van der Waals surface area (Å²) in [7, 11) is 4.95. The van der Waals surface area contributed by atoms with Gasteiger partial charge in [0.15, 0.2) is 0 Å². The summed E-state index contributed by atoms with van der Waals surface area (Å²) in [5.41, 5.74) is 2.27. The first-order valence-electron chi connectivity index (χ1n) is 11.7. The lowest BCUT2D eigenvalue weighted by Crippen LogP contribution is -2.30. The number of nitrogens with zero attached hydrogens (tertiary/aromatic N) is 1. The normalized spacial score (nSPS) is 11.2. The van der Waals surface area contributed by atoms with E-state index in [0.717, 1.165) is 37.2 Å². The fraction of sp³-hybridized carbons (Fsp3) is 0.407. The summed E-state index contributed by atoms with van der Waals surface area (Å²) in [6.07, 6.45) is 1.57. The first kappa shape index (κ1) is 26.4. The SMILES string of the molecule is CCCc1c(OC)ccc2cc(C(=O)Nc3ccc(CN(CCOC)CCOC)cc3)c(=O)oc12. The molecule has 8 nitrogen and oxygen atoms in total. The molecule has 3 rings (SSSR count). The maximum atomic E-state index is 12.9. The van der Waals surface area contributed by atoms with Crippen molar-refractivity contribution in [3.63, 3.8) is 0 Å². The second-order valence-electron chi connectivity index (χ2n) is 8.28. The molecule has 0 atom stereocenters. The fourth-order valence-corrected chi connectivity index (χ4v) is 3.92. The Balaban J connectivity index is 1.75. The van der Waals surface area contributed by atoms with Gasteiger partial charge in [0.05, 0.1) is 20.3 Å². The van der Waals surface area contributed by atoms with Crippen LogP contribution in [0.25, 0.3) is 11.0 Å². The average molecular weight is 483 g/mol. The van der Waals surface area contributed by atoms with Gasteiger partial charge in [-0.1, -0.05) is 25.5 Å². The van der Waals surface area contributed by atoms with Gasteiger partial charge >= 0.3 is 5.63 Å². The third-order valence-corrected chi connectivity index (χ3v) is 5.77. The number of carbonyl (C=O) groups is 1. The minimum absolute atomic E-state index is 0.0421. The number of rotatable bonds is 13. The molecule has 1 amide bonds. The van der Waals surface area contributed by atoms with Gasteiger partial charge in [0.2, 0.25) is 0 Å². The second kappa shape index (κ2) is 13.0. The number of anilines is 1. The molecule has 0 fully saturated rings. The quantitative estimate of drug-likeness (QED) is 0.367. The van der Waals surface area contributed by atoms with Gasteiger partial charge < -0.3 is 23.9 Å². The summed E-state index contributed by atoms with van der Waals surface area (Å²) >= 11 is 0. The van der Waals surface area contributed by atoms with E-state index in [4.69, 9.17) is 18.6 Å². The number of fused-ring (bicyclic) bond motifs is 1. The number of ether oxygens (including phenoxy) is 3. The highest BCUT2D eigenvalue weighted by atomic mass is 16.5. The van der Waals surface area contributed by atoms with Crippen molar-refractivity contribution in [2.24, 2.45) is 0 Å². The highest BCUT2D eigenvalue weighted by Gasteiger charge is 2.17. The number of carbonyl (C=O) groups excluding carboxylic acids is 1. The van der Waals surface area contributed by atoms with Crippen molar-refractivity contribution in [1.82, 2.24) is 4.90 Å². The molecule has 1 N–H and O–H groups in total. The Hall–Kier alpha value is -3.20. The predicted octanol–water partition coefficient (Wildman–Crippen LogP) is 4.10. The van der Waals surface area contributed by atoms with E-state index < -0.39 is 11.5 Å². The van der Waals surface area contributed by atoms with E-state index in [1.807, 2.05) is 37.3 Å². The van der Waals surface area contributed by atoms with Crippen molar-refractivity contribution in [3.05, 3.63) is 69.6 Å². The molecule has 1 heterocycles. The number of benzene rings is 2. The minimum atomic E-state index is -0.677. The molecule has 2 aromatic carbocycles. The number of nitrogens with one attached hydrogen (secondary N) is 1. The van der Waals surface area contributed by atoms with Crippen molar-refractivity contribution >= 4 is 22.6 Å². The van der Waals surface area contributed by atoms with Crippen LogP contribution in [0.2, 0.25) is 0 Å². The summed E-state index contributed by atoms with van der Waals surface area (Å²) < 4.78 is 21.4. The van der Waals surface area contributed by atoms with Gasteiger partial charge in [-0.05, 0) is 42.3 Å². The molecule has 0 unspecified atom stereocenters. The maximum Gasteiger partial charge on any atom is 0.349 e. The van der Waals surface area contributed by atoms with Gasteiger partial charge in [-0.15, -0.1) is 0 Å². The molecule has 0 saturated carbocycles. The van der Waals surface area contributed by atoms with Crippen LogP contribution in [0.3, 0.4) is 0 Å². The highest BCUT2D eigenvalue weighted by Crippen LogP contribution is 2.29. The Morgan fingerprint density at radius 1 is 1.00 bits per heavy atom. The van der Waals surface area contributed by atoms with Crippen molar-refractivity contribution in [2.45, 2.75) is 26.3 Å². The van der Waals surface area contributed by atoms with Crippen LogP contribution in [0, 0.1) is 0 Å². The summed E-state index contributed by atoms with van der Waals surface area (Å²) in [5.74, 6) is 0.158. The smallest absolute Gasteiger partial charge is 0.349 e. The van der Waals surface area contributed by atoms with Crippen molar-refractivity contribution < 1.29 is 23.4 Å². The summed E-state index contributed by atoms with van der Waals surface area (Å²) in [6.45, 7) is 5.64. The third kappa shape index (κ3) is 6.91. The van der Waals surface area contributed by atoms with E-state index in [1.165, 1.54) is 0 Å². The molecule has 0 aliphatic rings. The maximum absolute atomic E-state index is 12.9. The first-order chi connectivity index (χ1) is 17.0. The Labute approximate surface area is 205 Å². The largest absolute Gasteiger partial charge is 0.496 e. The van der Waals surface area contributed by atoms with Crippen molar-refractivity contribution in [2.75, 3.05) is 52.9 Å². The second-order valence-corrected chi connectivity index (χ2v) is 8.28. The van der Waals surface area contributed by atoms with Crippen LogP contribution >= 0.6 is 0 Å². The zero-order chi connectivity index (χ0) is 25.2. The molecule has 0 aliphatic carbocycles. The van der Waals surface area contributed by atoms with E-state index in [-0.39, 0.29) is 5.56 Å². The van der Waals surface area contributed by atoms with Gasteiger partial charge in [-0.2, -0.15) is 0 Å². The number of aryl methyl sites for hydroxylation is 1. The molecule has 8 heteroatoms. The van der Waals surface area contributed by atoms with Crippen LogP contribution in [0.15, 0.2) is 51.7 Å². The van der Waals surface area contributed by atoms with Crippen LogP contribution in [-0.4, -0.2) is 58.4 Å². The number of amides is 1. The van der Waals surface area contributed by atoms with Gasteiger partial charge in [0.1, 0.15) is 16.9 Å². The zero-order valence-corrected chi connectivity index (χ0v) is 20.9. The van der Waals surface area contributed by atoms with Crippen LogP contribution in [0.1, 0.15) is 34.8 Å². The molecule has 1 aromatic heterocycles. The Morgan fingerprint density at radius 3 is 2.29 bits per heavy atom. The van der Waals surface area contributed by atoms with Crippen LogP contribution in [0.4, 0.5) is 5.69 Å². The molecule has 0 radical (unpaired) electrons. The van der Waals surface area contributed by atoms with Crippen molar-refractivity contribution in [1.29, 1.82) is 0 Å². The van der Waals surface area contributed by atoms with E-state index in [0.29, 0.717) is 42.0 Å². The van der Waals surface area contributed by atoms with Gasteiger partial charge in [-0.3, -0.25) is 9.69 Å². The van der Waals surface area contributed by atoms with Crippen LogP contribution in [-0.2, 0) is 22.4 Å². The molecule has 0 spiro atoms. The molecular weight excluding hydrogens is 448 g/mol. The zero-order valence-electron chi connectivity index (χ0n) is 20.9. The van der Waals surface area contributed by atoms with Crippen molar-refractivity contribution in [3.8, 4) is 5.75 Å². The van der Waals surface area contributed by atoms with Crippen LogP contribution in [0.5, 0.6) is 5.75 Å². The topological polar surface area (TPSA) is 90.2 Å². The van der Waals surface area contributed by atoms with E-state index in [1.54, 1.807) is 33.5 Å². The standard InChI is InChI=1S/C27H34N2O6/c1-5-6-22-24(34-4)12-9-20-17-23(27(31)35-25(20)22)26(30)28-21-10-7-19(8-11-21)18-29(13-15-32-2)14-16-33-3/h7-12,17H,5-6,13-16,18H2,1-4H3,(H,28,30). The van der Waals surface area contributed by atoms with Gasteiger partial charge in [0, 0.05) is 50.5 Å². The molecule has 0 bridgehead atoms. The Kier molecular flexibility index (Phi) is 9.84. The molecule has 0 saturated heterocycles. The minimum Gasteiger partial charge on any atom is -0.496 e.